The SMILES string of the molecule is Clc1ccc(-n2ncc3c2ncn2nc(-c4ccco4)nc32)cc1Cl. The Kier molecular flexibility index (Phi) is 3.06. The first-order chi connectivity index (χ1) is 12.2. The largest absolute Gasteiger partial charge is 0.461 e. The first-order valence-electron chi connectivity index (χ1n) is 7.29. The molecule has 0 N–H and O–H groups in total. The summed E-state index contributed by atoms with van der Waals surface area (Å²) < 4.78 is 8.63. The molecule has 7 nitrogen and oxygen atoms in total. The van der Waals surface area contributed by atoms with Crippen molar-refractivity contribution in [3.8, 4) is 17.3 Å². The normalized spacial score (nSPS) is 11.6. The second kappa shape index (κ2) is 5.30. The molecule has 0 saturated carbocycles. The van der Waals surface area contributed by atoms with Gasteiger partial charge in [0.2, 0.25) is 5.82 Å². The molecule has 0 atom stereocenters. The Morgan fingerprint density at radius 2 is 1.96 bits per heavy atom. The number of fused-ring (bicyclic) bond motifs is 3. The van der Waals surface area contributed by atoms with Crippen LogP contribution >= 0.6 is 23.2 Å². The summed E-state index contributed by atoms with van der Waals surface area (Å²) in [5, 5.41) is 10.5. The van der Waals surface area contributed by atoms with E-state index in [2.05, 4.69) is 20.2 Å². The van der Waals surface area contributed by atoms with Crippen LogP contribution in [-0.4, -0.2) is 29.4 Å². The van der Waals surface area contributed by atoms with Crippen LogP contribution in [0, 0.1) is 0 Å². The van der Waals surface area contributed by atoms with Crippen molar-refractivity contribution in [3.05, 3.63) is 59.2 Å². The zero-order chi connectivity index (χ0) is 17.0. The van der Waals surface area contributed by atoms with Gasteiger partial charge in [0.25, 0.3) is 0 Å². The summed E-state index contributed by atoms with van der Waals surface area (Å²) in [6.45, 7) is 0. The maximum atomic E-state index is 6.11. The summed E-state index contributed by atoms with van der Waals surface area (Å²) in [6, 6.07) is 8.87. The molecule has 0 saturated heterocycles. The van der Waals surface area contributed by atoms with Crippen molar-refractivity contribution in [2.45, 2.75) is 0 Å². The van der Waals surface area contributed by atoms with Crippen LogP contribution in [0.4, 0.5) is 0 Å². The average molecular weight is 371 g/mol. The third-order valence-electron chi connectivity index (χ3n) is 3.79. The van der Waals surface area contributed by atoms with Crippen molar-refractivity contribution in [3.63, 3.8) is 0 Å². The molecular formula is C16H8Cl2N6O. The van der Waals surface area contributed by atoms with Crippen molar-refractivity contribution in [1.82, 2.24) is 29.4 Å². The van der Waals surface area contributed by atoms with Crippen LogP contribution in [0.1, 0.15) is 0 Å². The van der Waals surface area contributed by atoms with E-state index in [1.807, 2.05) is 6.07 Å². The van der Waals surface area contributed by atoms with Crippen LogP contribution in [-0.2, 0) is 0 Å². The lowest BCUT2D eigenvalue weighted by molar-refractivity contribution is 0.577. The van der Waals surface area contributed by atoms with E-state index in [4.69, 9.17) is 27.6 Å². The van der Waals surface area contributed by atoms with E-state index in [0.717, 1.165) is 11.1 Å². The van der Waals surface area contributed by atoms with E-state index < -0.39 is 0 Å². The topological polar surface area (TPSA) is 74.0 Å². The van der Waals surface area contributed by atoms with Crippen LogP contribution in [0.15, 0.2) is 53.5 Å². The van der Waals surface area contributed by atoms with Gasteiger partial charge in [-0.3, -0.25) is 0 Å². The summed E-state index contributed by atoms with van der Waals surface area (Å²) in [5.74, 6) is 1.08. The van der Waals surface area contributed by atoms with Gasteiger partial charge in [-0.2, -0.15) is 5.10 Å². The molecule has 5 aromatic rings. The van der Waals surface area contributed by atoms with Crippen molar-refractivity contribution in [1.29, 1.82) is 0 Å². The molecule has 4 heterocycles. The fourth-order valence-electron chi connectivity index (χ4n) is 2.64. The lowest BCUT2D eigenvalue weighted by Gasteiger charge is -2.04. The Morgan fingerprint density at radius 1 is 1.04 bits per heavy atom. The van der Waals surface area contributed by atoms with Crippen LogP contribution < -0.4 is 0 Å². The van der Waals surface area contributed by atoms with Gasteiger partial charge in [0.05, 0.1) is 33.6 Å². The second-order valence-corrected chi connectivity index (χ2v) is 6.13. The van der Waals surface area contributed by atoms with Crippen LogP contribution in [0.2, 0.25) is 10.0 Å². The fourth-order valence-corrected chi connectivity index (χ4v) is 2.93. The monoisotopic (exact) mass is 370 g/mol. The standard InChI is InChI=1S/C16H8Cl2N6O/c17-11-4-3-9(6-12(11)18)24-15-10(7-20-24)16-21-14(13-2-1-5-25-13)22-23(16)8-19-15/h1-8H. The smallest absolute Gasteiger partial charge is 0.217 e. The van der Waals surface area contributed by atoms with Gasteiger partial charge in [0, 0.05) is 0 Å². The van der Waals surface area contributed by atoms with E-state index >= 15 is 0 Å². The van der Waals surface area contributed by atoms with Crippen molar-refractivity contribution in [2.75, 3.05) is 0 Å². The first-order valence-corrected chi connectivity index (χ1v) is 8.05. The van der Waals surface area contributed by atoms with E-state index in [0.29, 0.717) is 32.9 Å². The number of hydrogen-bond donors (Lipinski definition) is 0. The molecule has 0 bridgehead atoms. The maximum Gasteiger partial charge on any atom is 0.217 e. The molecule has 0 radical (unpaired) electrons. The van der Waals surface area contributed by atoms with Gasteiger partial charge in [0.15, 0.2) is 17.1 Å². The minimum Gasteiger partial charge on any atom is -0.461 e. The van der Waals surface area contributed by atoms with Crippen molar-refractivity contribution in [2.24, 2.45) is 0 Å². The number of nitrogens with zero attached hydrogens (tertiary/aromatic N) is 6. The second-order valence-electron chi connectivity index (χ2n) is 5.32. The average Bonchev–Trinajstić information content (AvgIpc) is 3.34. The number of benzene rings is 1. The van der Waals surface area contributed by atoms with E-state index in [-0.39, 0.29) is 0 Å². The molecule has 0 aliphatic carbocycles. The number of hydrogen-bond acceptors (Lipinski definition) is 5. The van der Waals surface area contributed by atoms with Crippen LogP contribution in [0.25, 0.3) is 34.0 Å². The Balaban J connectivity index is 1.73. The molecule has 5 rings (SSSR count). The first kappa shape index (κ1) is 14.4. The third kappa shape index (κ3) is 2.20. The van der Waals surface area contributed by atoms with E-state index in [1.54, 1.807) is 52.2 Å². The lowest BCUT2D eigenvalue weighted by atomic mass is 10.3. The summed E-state index contributed by atoms with van der Waals surface area (Å²) >= 11 is 12.1. The highest BCUT2D eigenvalue weighted by Gasteiger charge is 2.15. The van der Waals surface area contributed by atoms with Gasteiger partial charge < -0.3 is 4.42 Å². The molecule has 0 amide bonds. The number of rotatable bonds is 2. The summed E-state index contributed by atoms with van der Waals surface area (Å²) in [5.41, 5.74) is 2.04. The Bertz CT molecular complexity index is 1220. The number of aromatic nitrogens is 6. The maximum absolute atomic E-state index is 6.11. The zero-order valence-corrected chi connectivity index (χ0v) is 14.0. The highest BCUT2D eigenvalue weighted by atomic mass is 35.5. The minimum atomic E-state index is 0.450. The molecule has 0 aliphatic rings. The van der Waals surface area contributed by atoms with Crippen molar-refractivity contribution < 1.29 is 4.42 Å². The van der Waals surface area contributed by atoms with Crippen molar-refractivity contribution >= 4 is 39.9 Å². The van der Waals surface area contributed by atoms with Gasteiger partial charge >= 0.3 is 0 Å². The van der Waals surface area contributed by atoms with Gasteiger partial charge in [0.1, 0.15) is 6.33 Å². The zero-order valence-electron chi connectivity index (χ0n) is 12.5. The van der Waals surface area contributed by atoms with Gasteiger partial charge in [-0.05, 0) is 30.3 Å². The highest BCUT2D eigenvalue weighted by molar-refractivity contribution is 6.42. The Labute approximate surface area is 150 Å². The number of halogens is 2. The predicted molar refractivity (Wildman–Crippen MR) is 93.1 cm³/mol. The van der Waals surface area contributed by atoms with Crippen LogP contribution in [0.3, 0.4) is 0 Å². The molecule has 25 heavy (non-hydrogen) atoms. The highest BCUT2D eigenvalue weighted by Crippen LogP contribution is 2.27. The Morgan fingerprint density at radius 3 is 2.76 bits per heavy atom. The molecule has 122 valence electrons. The lowest BCUT2D eigenvalue weighted by Crippen LogP contribution is -1.99. The molecule has 1 aromatic carbocycles. The van der Waals surface area contributed by atoms with Gasteiger partial charge in [-0.15, -0.1) is 5.10 Å². The molecule has 0 aliphatic heterocycles. The molecule has 0 spiro atoms. The quantitative estimate of drug-likeness (QED) is 0.468. The molecule has 9 heteroatoms. The summed E-state index contributed by atoms with van der Waals surface area (Å²) in [7, 11) is 0. The number of furan rings is 1. The molecule has 0 fully saturated rings. The van der Waals surface area contributed by atoms with E-state index in [9.17, 15) is 0 Å². The minimum absolute atomic E-state index is 0.450. The summed E-state index contributed by atoms with van der Waals surface area (Å²) in [6.07, 6.45) is 4.87. The molecule has 0 unspecified atom stereocenters. The third-order valence-corrected chi connectivity index (χ3v) is 4.53. The summed E-state index contributed by atoms with van der Waals surface area (Å²) in [4.78, 5) is 8.99. The fraction of sp³-hybridized carbons (Fsp3) is 0. The predicted octanol–water partition coefficient (Wildman–Crippen LogP) is 4.03. The van der Waals surface area contributed by atoms with Crippen LogP contribution in [0.5, 0.6) is 0 Å². The van der Waals surface area contributed by atoms with E-state index in [1.165, 1.54) is 0 Å². The van der Waals surface area contributed by atoms with Gasteiger partial charge in [-0.1, -0.05) is 23.2 Å². The Hall–Kier alpha value is -2.90. The van der Waals surface area contributed by atoms with Gasteiger partial charge in [-0.25, -0.2) is 19.2 Å². The molecule has 4 aromatic heterocycles. The molecular weight excluding hydrogens is 363 g/mol.